The number of sulfonamides is 1. The summed E-state index contributed by atoms with van der Waals surface area (Å²) >= 11 is 0. The van der Waals surface area contributed by atoms with Crippen molar-refractivity contribution < 1.29 is 18.3 Å². The second-order valence-corrected chi connectivity index (χ2v) is 10.2. The zero-order valence-corrected chi connectivity index (χ0v) is 19.8. The minimum atomic E-state index is -3.81. The quantitative estimate of drug-likeness (QED) is 0.466. The molecule has 0 spiro atoms. The SMILES string of the molecule is CCCN(CCC)c1ccc(NS(=O)(=O)c2ccc(C3CCCCC3)cc2)cc1C(=O)O. The van der Waals surface area contributed by atoms with Crippen LogP contribution in [0.25, 0.3) is 0 Å². The molecule has 0 amide bonds. The minimum Gasteiger partial charge on any atom is -0.478 e. The van der Waals surface area contributed by atoms with Crippen molar-refractivity contribution in [3.05, 3.63) is 53.6 Å². The Hall–Kier alpha value is -2.54. The molecule has 2 aromatic rings. The molecule has 3 rings (SSSR count). The number of carboxylic acids is 1. The van der Waals surface area contributed by atoms with Gasteiger partial charge in [0.25, 0.3) is 10.0 Å². The van der Waals surface area contributed by atoms with E-state index in [1.165, 1.54) is 30.9 Å². The van der Waals surface area contributed by atoms with Crippen LogP contribution in [0.2, 0.25) is 0 Å². The number of hydrogen-bond acceptors (Lipinski definition) is 4. The topological polar surface area (TPSA) is 86.7 Å². The van der Waals surface area contributed by atoms with Gasteiger partial charge in [0.2, 0.25) is 0 Å². The predicted octanol–water partition coefficient (Wildman–Crippen LogP) is 5.86. The van der Waals surface area contributed by atoms with Crippen molar-refractivity contribution in [3.63, 3.8) is 0 Å². The lowest BCUT2D eigenvalue weighted by Crippen LogP contribution is -2.27. The fourth-order valence-corrected chi connectivity index (χ4v) is 5.56. The van der Waals surface area contributed by atoms with Gasteiger partial charge in [-0.25, -0.2) is 13.2 Å². The van der Waals surface area contributed by atoms with Gasteiger partial charge in [-0.05, 0) is 67.5 Å². The molecule has 2 aromatic carbocycles. The summed E-state index contributed by atoms with van der Waals surface area (Å²) in [6.07, 6.45) is 7.82. The molecule has 1 fully saturated rings. The molecule has 0 unspecified atom stereocenters. The Kier molecular flexibility index (Phi) is 8.18. The molecular weight excluding hydrogens is 424 g/mol. The van der Waals surface area contributed by atoms with E-state index in [1.54, 1.807) is 24.3 Å². The molecule has 0 saturated heterocycles. The molecule has 32 heavy (non-hydrogen) atoms. The van der Waals surface area contributed by atoms with E-state index in [2.05, 4.69) is 4.72 Å². The highest BCUT2D eigenvalue weighted by Gasteiger charge is 2.21. The zero-order chi connectivity index (χ0) is 23.1. The maximum Gasteiger partial charge on any atom is 0.337 e. The largest absolute Gasteiger partial charge is 0.478 e. The van der Waals surface area contributed by atoms with E-state index in [9.17, 15) is 18.3 Å². The van der Waals surface area contributed by atoms with E-state index in [-0.39, 0.29) is 16.1 Å². The lowest BCUT2D eigenvalue weighted by atomic mass is 9.84. The van der Waals surface area contributed by atoms with Gasteiger partial charge in [0, 0.05) is 18.8 Å². The molecule has 174 valence electrons. The highest BCUT2D eigenvalue weighted by Crippen LogP contribution is 2.33. The van der Waals surface area contributed by atoms with Crippen LogP contribution in [0.3, 0.4) is 0 Å². The first kappa shape index (κ1) is 24.1. The first-order chi connectivity index (χ1) is 15.4. The van der Waals surface area contributed by atoms with Crippen molar-refractivity contribution in [2.45, 2.75) is 69.6 Å². The number of aromatic carboxylic acids is 1. The van der Waals surface area contributed by atoms with Crippen LogP contribution in [0.1, 0.15) is 80.6 Å². The molecule has 0 bridgehead atoms. The number of rotatable bonds is 10. The number of carbonyl (C=O) groups is 1. The second-order valence-electron chi connectivity index (χ2n) is 8.53. The van der Waals surface area contributed by atoms with Gasteiger partial charge in [-0.15, -0.1) is 0 Å². The number of nitrogens with one attached hydrogen (secondary N) is 1. The summed E-state index contributed by atoms with van der Waals surface area (Å²) in [5.41, 5.74) is 2.14. The van der Waals surface area contributed by atoms with Crippen LogP contribution < -0.4 is 9.62 Å². The number of nitrogens with zero attached hydrogens (tertiary/aromatic N) is 1. The van der Waals surface area contributed by atoms with Crippen molar-refractivity contribution in [2.24, 2.45) is 0 Å². The van der Waals surface area contributed by atoms with Crippen LogP contribution in [0.5, 0.6) is 0 Å². The first-order valence-electron chi connectivity index (χ1n) is 11.6. The molecule has 1 aliphatic rings. The van der Waals surface area contributed by atoms with Gasteiger partial charge < -0.3 is 10.0 Å². The van der Waals surface area contributed by atoms with E-state index >= 15 is 0 Å². The number of carboxylic acid groups (broad SMARTS) is 1. The van der Waals surface area contributed by atoms with Crippen molar-refractivity contribution in [3.8, 4) is 0 Å². The van der Waals surface area contributed by atoms with Crippen LogP contribution in [0.4, 0.5) is 11.4 Å². The Labute approximate surface area is 191 Å². The third-order valence-electron chi connectivity index (χ3n) is 6.07. The standard InChI is InChI=1S/C25H34N2O4S/c1-3-16-27(17-4-2)24-15-12-21(18-23(24)25(28)29)26-32(30,31)22-13-10-20(11-14-22)19-8-6-5-7-9-19/h10-15,18-19,26H,3-9,16-17H2,1-2H3,(H,28,29). The summed E-state index contributed by atoms with van der Waals surface area (Å²) in [4.78, 5) is 14.1. The summed E-state index contributed by atoms with van der Waals surface area (Å²) < 4.78 is 28.4. The molecule has 0 radical (unpaired) electrons. The van der Waals surface area contributed by atoms with Gasteiger partial charge in [0.15, 0.2) is 0 Å². The fourth-order valence-electron chi connectivity index (χ4n) is 4.51. The highest BCUT2D eigenvalue weighted by atomic mass is 32.2. The Balaban J connectivity index is 1.82. The molecule has 1 aliphatic carbocycles. The maximum absolute atomic E-state index is 12.9. The van der Waals surface area contributed by atoms with E-state index in [0.717, 1.165) is 38.8 Å². The summed E-state index contributed by atoms with van der Waals surface area (Å²) in [6, 6.07) is 11.8. The fraction of sp³-hybridized carbons (Fsp3) is 0.480. The van der Waals surface area contributed by atoms with Crippen LogP contribution >= 0.6 is 0 Å². The first-order valence-corrected chi connectivity index (χ1v) is 13.1. The van der Waals surface area contributed by atoms with Gasteiger partial charge in [-0.2, -0.15) is 0 Å². The summed E-state index contributed by atoms with van der Waals surface area (Å²) in [6.45, 7) is 5.58. The van der Waals surface area contributed by atoms with Gasteiger partial charge in [0.05, 0.1) is 16.1 Å². The molecule has 0 atom stereocenters. The summed E-state index contributed by atoms with van der Waals surface area (Å²) in [5, 5.41) is 9.74. The third kappa shape index (κ3) is 5.82. The molecule has 0 aliphatic heterocycles. The molecule has 0 heterocycles. The van der Waals surface area contributed by atoms with Crippen molar-refractivity contribution in [1.82, 2.24) is 0 Å². The van der Waals surface area contributed by atoms with E-state index < -0.39 is 16.0 Å². The zero-order valence-electron chi connectivity index (χ0n) is 19.0. The second kappa shape index (κ2) is 10.9. The van der Waals surface area contributed by atoms with Gasteiger partial charge >= 0.3 is 5.97 Å². The van der Waals surface area contributed by atoms with E-state index in [1.807, 2.05) is 30.9 Å². The van der Waals surface area contributed by atoms with Gasteiger partial charge in [-0.3, -0.25) is 4.72 Å². The molecule has 2 N–H and O–H groups in total. The van der Waals surface area contributed by atoms with Crippen molar-refractivity contribution in [1.29, 1.82) is 0 Å². The summed E-state index contributed by atoms with van der Waals surface area (Å²) in [7, 11) is -3.81. The van der Waals surface area contributed by atoms with Crippen molar-refractivity contribution in [2.75, 3.05) is 22.7 Å². The van der Waals surface area contributed by atoms with Crippen LogP contribution in [-0.2, 0) is 10.0 Å². The van der Waals surface area contributed by atoms with Gasteiger partial charge in [0.1, 0.15) is 0 Å². The number of anilines is 2. The Morgan fingerprint density at radius 3 is 2.19 bits per heavy atom. The Morgan fingerprint density at radius 1 is 1.00 bits per heavy atom. The Morgan fingerprint density at radius 2 is 1.62 bits per heavy atom. The number of benzene rings is 2. The maximum atomic E-state index is 12.9. The van der Waals surface area contributed by atoms with Crippen molar-refractivity contribution >= 4 is 27.4 Å². The lowest BCUT2D eigenvalue weighted by molar-refractivity contribution is 0.0697. The van der Waals surface area contributed by atoms with Crippen LogP contribution in [0, 0.1) is 0 Å². The minimum absolute atomic E-state index is 0.0970. The summed E-state index contributed by atoms with van der Waals surface area (Å²) in [5.74, 6) is -0.566. The molecular formula is C25H34N2O4S. The molecule has 6 nitrogen and oxygen atoms in total. The normalized spacial score (nSPS) is 14.8. The number of hydrogen-bond donors (Lipinski definition) is 2. The monoisotopic (exact) mass is 458 g/mol. The van der Waals surface area contributed by atoms with Crippen LogP contribution in [0.15, 0.2) is 47.4 Å². The van der Waals surface area contributed by atoms with Crippen LogP contribution in [-0.4, -0.2) is 32.6 Å². The highest BCUT2D eigenvalue weighted by molar-refractivity contribution is 7.92. The average Bonchev–Trinajstić information content (AvgIpc) is 2.79. The lowest BCUT2D eigenvalue weighted by Gasteiger charge is -2.25. The van der Waals surface area contributed by atoms with E-state index in [4.69, 9.17) is 0 Å². The molecule has 7 heteroatoms. The third-order valence-corrected chi connectivity index (χ3v) is 7.47. The molecule has 0 aromatic heterocycles. The average molecular weight is 459 g/mol. The smallest absolute Gasteiger partial charge is 0.337 e. The van der Waals surface area contributed by atoms with Gasteiger partial charge in [-0.1, -0.05) is 45.2 Å². The van der Waals surface area contributed by atoms with E-state index in [0.29, 0.717) is 11.6 Å². The predicted molar refractivity (Wildman–Crippen MR) is 129 cm³/mol. The molecule has 1 saturated carbocycles. The Bertz CT molecular complexity index is 1010.